The van der Waals surface area contributed by atoms with Gasteiger partial charge in [-0.1, -0.05) is 90.4 Å². The lowest BCUT2D eigenvalue weighted by atomic mass is 9.89. The Labute approximate surface area is 199 Å². The van der Waals surface area contributed by atoms with Gasteiger partial charge in [0.25, 0.3) is 0 Å². The van der Waals surface area contributed by atoms with E-state index >= 15 is 0 Å². The molecule has 2 aliphatic rings. The first kappa shape index (κ1) is 18.5. The van der Waals surface area contributed by atoms with Gasteiger partial charge in [-0.3, -0.25) is 0 Å². The molecule has 2 unspecified atom stereocenters. The van der Waals surface area contributed by atoms with Crippen LogP contribution in [-0.2, 0) is 0 Å². The number of para-hydroxylation sites is 1. The minimum absolute atomic E-state index is 0.156. The SMILES string of the molecule is [B]c1cccc2c1N(C)C1C2=CC=CC1n1c2cccc3c4ccccc4c4cccc1c4c32. The van der Waals surface area contributed by atoms with Crippen LogP contribution in [0.2, 0.25) is 0 Å². The molecule has 0 saturated carbocycles. The van der Waals surface area contributed by atoms with Gasteiger partial charge in [0.15, 0.2) is 0 Å². The van der Waals surface area contributed by atoms with Crippen LogP contribution in [0.4, 0.5) is 5.69 Å². The van der Waals surface area contributed by atoms with Gasteiger partial charge in [0.2, 0.25) is 0 Å². The summed E-state index contributed by atoms with van der Waals surface area (Å²) in [5.41, 5.74) is 7.17. The van der Waals surface area contributed by atoms with Crippen molar-refractivity contribution in [1.82, 2.24) is 4.57 Å². The summed E-state index contributed by atoms with van der Waals surface area (Å²) in [6.45, 7) is 0. The third-order valence-corrected chi connectivity index (χ3v) is 8.03. The molecule has 2 heterocycles. The minimum atomic E-state index is 0.156. The van der Waals surface area contributed by atoms with Gasteiger partial charge in [0, 0.05) is 29.1 Å². The van der Waals surface area contributed by atoms with Crippen molar-refractivity contribution in [3.8, 4) is 0 Å². The number of hydrogen-bond donors (Lipinski definition) is 0. The van der Waals surface area contributed by atoms with E-state index in [0.717, 1.165) is 11.2 Å². The highest BCUT2D eigenvalue weighted by molar-refractivity contribution is 6.37. The summed E-state index contributed by atoms with van der Waals surface area (Å²) in [4.78, 5) is 2.38. The summed E-state index contributed by atoms with van der Waals surface area (Å²) in [5, 5.41) is 8.05. The predicted octanol–water partition coefficient (Wildman–Crippen LogP) is 6.35. The highest BCUT2D eigenvalue weighted by atomic mass is 15.2. The normalized spacial score (nSPS) is 19.4. The van der Waals surface area contributed by atoms with Crippen molar-refractivity contribution in [3.05, 3.63) is 103 Å². The zero-order chi connectivity index (χ0) is 22.6. The minimum Gasteiger partial charge on any atom is -0.365 e. The van der Waals surface area contributed by atoms with Crippen LogP contribution >= 0.6 is 0 Å². The maximum Gasteiger partial charge on any atom is 0.116 e. The quantitative estimate of drug-likeness (QED) is 0.217. The molecule has 2 radical (unpaired) electrons. The monoisotopic (exact) mass is 432 g/mol. The van der Waals surface area contributed by atoms with E-state index in [1.165, 1.54) is 54.5 Å². The van der Waals surface area contributed by atoms with E-state index in [2.05, 4.69) is 108 Å². The molecule has 34 heavy (non-hydrogen) atoms. The lowest BCUT2D eigenvalue weighted by Gasteiger charge is -2.34. The van der Waals surface area contributed by atoms with Crippen LogP contribution in [0.5, 0.6) is 0 Å². The van der Waals surface area contributed by atoms with Crippen LogP contribution in [0.1, 0.15) is 11.6 Å². The van der Waals surface area contributed by atoms with Gasteiger partial charge < -0.3 is 9.47 Å². The van der Waals surface area contributed by atoms with E-state index in [-0.39, 0.29) is 12.1 Å². The van der Waals surface area contributed by atoms with Gasteiger partial charge >= 0.3 is 0 Å². The molecule has 1 aliphatic carbocycles. The zero-order valence-electron chi connectivity index (χ0n) is 18.9. The fourth-order valence-electron chi connectivity index (χ4n) is 6.76. The number of benzene rings is 5. The van der Waals surface area contributed by atoms with Crippen molar-refractivity contribution in [2.75, 3.05) is 11.9 Å². The summed E-state index contributed by atoms with van der Waals surface area (Å²) in [6, 6.07) is 29.0. The summed E-state index contributed by atoms with van der Waals surface area (Å²) < 4.78 is 2.57. The molecular formula is C31H21BN2. The molecular weight excluding hydrogens is 411 g/mol. The van der Waals surface area contributed by atoms with Crippen LogP contribution < -0.4 is 10.4 Å². The molecule has 5 aromatic carbocycles. The molecule has 8 rings (SSSR count). The highest BCUT2D eigenvalue weighted by Gasteiger charge is 2.39. The fourth-order valence-corrected chi connectivity index (χ4v) is 6.76. The Kier molecular flexibility index (Phi) is 3.43. The second-order valence-electron chi connectivity index (χ2n) is 9.61. The Morgan fingerprint density at radius 3 is 2.00 bits per heavy atom. The lowest BCUT2D eigenvalue weighted by molar-refractivity contribution is 0.569. The second kappa shape index (κ2) is 6.33. The average Bonchev–Trinajstić information content (AvgIpc) is 3.37. The summed E-state index contributed by atoms with van der Waals surface area (Å²) in [6.07, 6.45) is 6.85. The lowest BCUT2D eigenvalue weighted by Crippen LogP contribution is -2.37. The topological polar surface area (TPSA) is 8.17 Å². The Morgan fingerprint density at radius 1 is 0.706 bits per heavy atom. The highest BCUT2D eigenvalue weighted by Crippen LogP contribution is 2.49. The van der Waals surface area contributed by atoms with E-state index < -0.39 is 0 Å². The number of nitrogens with zero attached hydrogens (tertiary/aromatic N) is 2. The maximum atomic E-state index is 6.46. The van der Waals surface area contributed by atoms with Crippen molar-refractivity contribution in [3.63, 3.8) is 0 Å². The molecule has 0 amide bonds. The van der Waals surface area contributed by atoms with Gasteiger partial charge in [0.1, 0.15) is 7.85 Å². The van der Waals surface area contributed by atoms with E-state index in [4.69, 9.17) is 7.85 Å². The first-order valence-corrected chi connectivity index (χ1v) is 11.9. The molecule has 3 heteroatoms. The Bertz CT molecular complexity index is 1770. The Morgan fingerprint density at radius 2 is 1.32 bits per heavy atom. The first-order valence-electron chi connectivity index (χ1n) is 11.9. The smallest absolute Gasteiger partial charge is 0.116 e. The number of fused-ring (bicyclic) bond motifs is 6. The number of anilines is 1. The number of rotatable bonds is 1. The van der Waals surface area contributed by atoms with E-state index in [1.54, 1.807) is 0 Å². The molecule has 0 saturated heterocycles. The van der Waals surface area contributed by atoms with Gasteiger partial charge in [-0.2, -0.15) is 0 Å². The fraction of sp³-hybridized carbons (Fsp3) is 0.0968. The molecule has 0 bridgehead atoms. The largest absolute Gasteiger partial charge is 0.365 e. The van der Waals surface area contributed by atoms with Crippen molar-refractivity contribution >= 4 is 67.9 Å². The third kappa shape index (κ3) is 2.09. The van der Waals surface area contributed by atoms with Crippen LogP contribution in [0.3, 0.4) is 0 Å². The van der Waals surface area contributed by atoms with Gasteiger partial charge in [-0.05, 0) is 39.3 Å². The average molecular weight is 432 g/mol. The second-order valence-corrected chi connectivity index (χ2v) is 9.61. The summed E-state index contributed by atoms with van der Waals surface area (Å²) in [7, 11) is 8.65. The molecule has 2 nitrogen and oxygen atoms in total. The number of aromatic nitrogens is 1. The van der Waals surface area contributed by atoms with E-state index in [1.807, 2.05) is 6.07 Å². The molecule has 0 fully saturated rings. The van der Waals surface area contributed by atoms with Crippen molar-refractivity contribution in [2.24, 2.45) is 0 Å². The van der Waals surface area contributed by atoms with Crippen LogP contribution in [0.15, 0.2) is 97.1 Å². The van der Waals surface area contributed by atoms with Crippen molar-refractivity contribution in [2.45, 2.75) is 12.1 Å². The number of likely N-dealkylation sites (N-methyl/N-ethyl adjacent to an activating group) is 1. The predicted molar refractivity (Wildman–Crippen MR) is 146 cm³/mol. The Hall–Kier alpha value is -3.98. The zero-order valence-corrected chi connectivity index (χ0v) is 18.9. The molecule has 1 aliphatic heterocycles. The molecule has 0 N–H and O–H groups in total. The van der Waals surface area contributed by atoms with E-state index in [9.17, 15) is 0 Å². The molecule has 2 atom stereocenters. The van der Waals surface area contributed by atoms with E-state index in [0.29, 0.717) is 0 Å². The van der Waals surface area contributed by atoms with Crippen LogP contribution in [0.25, 0.3) is 48.9 Å². The standard InChI is InChI=1S/C31H21BN2/c1-33-30-22(12-4-14-24(30)32)23-13-7-17-27(31(23)33)34-25-15-5-10-20-18-8-2-3-9-19(18)21-11-6-16-26(34)29(21)28(20)25/h2-17,27,31H,1H3. The van der Waals surface area contributed by atoms with Gasteiger partial charge in [-0.15, -0.1) is 0 Å². The summed E-state index contributed by atoms with van der Waals surface area (Å²) in [5.74, 6) is 0. The van der Waals surface area contributed by atoms with Crippen molar-refractivity contribution in [1.29, 1.82) is 0 Å². The molecule has 158 valence electrons. The number of allylic oxidation sites excluding steroid dienone is 2. The maximum absolute atomic E-state index is 6.46. The summed E-state index contributed by atoms with van der Waals surface area (Å²) >= 11 is 0. The first-order chi connectivity index (χ1) is 16.7. The third-order valence-electron chi connectivity index (χ3n) is 8.03. The molecule has 1 aromatic heterocycles. The number of hydrogen-bond acceptors (Lipinski definition) is 1. The molecule has 0 spiro atoms. The van der Waals surface area contributed by atoms with Gasteiger partial charge in [0.05, 0.1) is 23.1 Å². The van der Waals surface area contributed by atoms with Crippen molar-refractivity contribution < 1.29 is 0 Å². The van der Waals surface area contributed by atoms with Crippen LogP contribution in [0, 0.1) is 0 Å². The Balaban J connectivity index is 1.48. The van der Waals surface area contributed by atoms with Crippen LogP contribution in [-0.4, -0.2) is 25.5 Å². The molecule has 6 aromatic rings. The van der Waals surface area contributed by atoms with Gasteiger partial charge in [-0.25, -0.2) is 0 Å².